The van der Waals surface area contributed by atoms with Gasteiger partial charge >= 0.3 is 5.97 Å². The Labute approximate surface area is 177 Å². The van der Waals surface area contributed by atoms with Crippen LogP contribution < -0.4 is 23.7 Å². The second kappa shape index (κ2) is 11.8. The van der Waals surface area contributed by atoms with Crippen molar-refractivity contribution >= 4 is 5.97 Å². The molecule has 7 heteroatoms. The molecule has 0 radical (unpaired) electrons. The zero-order valence-electron chi connectivity index (χ0n) is 18.3. The van der Waals surface area contributed by atoms with Gasteiger partial charge in [-0.3, -0.25) is 4.79 Å². The molecular weight excluding hydrogens is 388 g/mol. The molecule has 2 rings (SSSR count). The summed E-state index contributed by atoms with van der Waals surface area (Å²) in [6.45, 7) is 0.344. The Morgan fingerprint density at radius 3 is 1.77 bits per heavy atom. The van der Waals surface area contributed by atoms with Gasteiger partial charge in [0, 0.05) is 12.5 Å². The van der Waals surface area contributed by atoms with Crippen molar-refractivity contribution in [2.24, 2.45) is 0 Å². The minimum atomic E-state index is -0.235. The molecule has 0 N–H and O–H groups in total. The van der Waals surface area contributed by atoms with Gasteiger partial charge in [-0.25, -0.2) is 0 Å². The van der Waals surface area contributed by atoms with Gasteiger partial charge in [-0.15, -0.1) is 0 Å². The highest BCUT2D eigenvalue weighted by atomic mass is 16.5. The third-order valence-corrected chi connectivity index (χ3v) is 4.63. The van der Waals surface area contributed by atoms with Gasteiger partial charge in [0.1, 0.15) is 11.5 Å². The van der Waals surface area contributed by atoms with Crippen LogP contribution >= 0.6 is 0 Å². The summed E-state index contributed by atoms with van der Waals surface area (Å²) >= 11 is 0. The molecule has 0 spiro atoms. The van der Waals surface area contributed by atoms with Crippen LogP contribution in [0.4, 0.5) is 0 Å². The molecule has 0 unspecified atom stereocenters. The maximum absolute atomic E-state index is 12.1. The number of hydrogen-bond acceptors (Lipinski definition) is 7. The molecule has 0 bridgehead atoms. The summed E-state index contributed by atoms with van der Waals surface area (Å²) in [6.07, 6.45) is 2.26. The van der Waals surface area contributed by atoms with Crippen molar-refractivity contribution in [1.82, 2.24) is 0 Å². The highest BCUT2D eigenvalue weighted by Crippen LogP contribution is 2.38. The molecule has 0 heterocycles. The van der Waals surface area contributed by atoms with Gasteiger partial charge in [0.25, 0.3) is 0 Å². The minimum Gasteiger partial charge on any atom is -0.497 e. The van der Waals surface area contributed by atoms with E-state index in [1.807, 2.05) is 24.3 Å². The summed E-state index contributed by atoms with van der Waals surface area (Å²) in [7, 11) is 7.93. The van der Waals surface area contributed by atoms with Crippen molar-refractivity contribution in [3.05, 3.63) is 41.5 Å². The van der Waals surface area contributed by atoms with E-state index in [0.29, 0.717) is 54.6 Å². The van der Waals surface area contributed by atoms with E-state index in [-0.39, 0.29) is 5.97 Å². The fourth-order valence-corrected chi connectivity index (χ4v) is 3.07. The van der Waals surface area contributed by atoms with Crippen LogP contribution in [-0.2, 0) is 22.4 Å². The van der Waals surface area contributed by atoms with Crippen molar-refractivity contribution in [3.8, 4) is 28.7 Å². The largest absolute Gasteiger partial charge is 0.497 e. The number of rotatable bonds is 12. The van der Waals surface area contributed by atoms with E-state index in [2.05, 4.69) is 0 Å². The SMILES string of the molecule is COc1cc(CCC(=O)OCCCc2cc(OC)c(OC)c(OC)c2)cc(OC)c1. The second-order valence-corrected chi connectivity index (χ2v) is 6.58. The Morgan fingerprint density at radius 2 is 1.27 bits per heavy atom. The summed E-state index contributed by atoms with van der Waals surface area (Å²) in [5.74, 6) is 2.94. The van der Waals surface area contributed by atoms with E-state index < -0.39 is 0 Å². The van der Waals surface area contributed by atoms with Gasteiger partial charge < -0.3 is 28.4 Å². The maximum Gasteiger partial charge on any atom is 0.306 e. The zero-order valence-corrected chi connectivity index (χ0v) is 18.3. The minimum absolute atomic E-state index is 0.235. The van der Waals surface area contributed by atoms with E-state index in [4.69, 9.17) is 28.4 Å². The van der Waals surface area contributed by atoms with Crippen LogP contribution in [0.25, 0.3) is 0 Å². The number of ether oxygens (including phenoxy) is 6. The van der Waals surface area contributed by atoms with Crippen LogP contribution in [0, 0.1) is 0 Å². The van der Waals surface area contributed by atoms with Gasteiger partial charge in [-0.1, -0.05) is 0 Å². The fraction of sp³-hybridized carbons (Fsp3) is 0.435. The molecule has 164 valence electrons. The molecule has 2 aromatic carbocycles. The van der Waals surface area contributed by atoms with E-state index in [1.54, 1.807) is 41.6 Å². The molecule has 30 heavy (non-hydrogen) atoms. The first-order valence-electron chi connectivity index (χ1n) is 9.71. The molecule has 0 saturated carbocycles. The van der Waals surface area contributed by atoms with Crippen molar-refractivity contribution in [2.75, 3.05) is 42.2 Å². The molecule has 0 fully saturated rings. The lowest BCUT2D eigenvalue weighted by atomic mass is 10.1. The Bertz CT molecular complexity index is 785. The molecule has 0 aliphatic rings. The third-order valence-electron chi connectivity index (χ3n) is 4.63. The van der Waals surface area contributed by atoms with Crippen LogP contribution in [0.2, 0.25) is 0 Å². The van der Waals surface area contributed by atoms with Gasteiger partial charge in [0.2, 0.25) is 5.75 Å². The Balaban J connectivity index is 1.81. The van der Waals surface area contributed by atoms with E-state index in [1.165, 1.54) is 0 Å². The first-order valence-corrected chi connectivity index (χ1v) is 9.71. The average Bonchev–Trinajstić information content (AvgIpc) is 2.79. The number of hydrogen-bond donors (Lipinski definition) is 0. The molecule has 0 aliphatic carbocycles. The molecule has 0 aromatic heterocycles. The predicted octanol–water partition coefficient (Wildman–Crippen LogP) is 3.84. The van der Waals surface area contributed by atoms with Gasteiger partial charge in [0.15, 0.2) is 11.5 Å². The predicted molar refractivity (Wildman–Crippen MR) is 113 cm³/mol. The average molecular weight is 418 g/mol. The lowest BCUT2D eigenvalue weighted by molar-refractivity contribution is -0.143. The Kier molecular flexibility index (Phi) is 9.12. The highest BCUT2D eigenvalue weighted by molar-refractivity contribution is 5.69. The summed E-state index contributed by atoms with van der Waals surface area (Å²) in [5, 5.41) is 0. The fourth-order valence-electron chi connectivity index (χ4n) is 3.07. The van der Waals surface area contributed by atoms with Crippen molar-refractivity contribution in [1.29, 1.82) is 0 Å². The second-order valence-electron chi connectivity index (χ2n) is 6.58. The summed E-state index contributed by atoms with van der Waals surface area (Å²) in [4.78, 5) is 12.1. The first-order chi connectivity index (χ1) is 14.5. The van der Waals surface area contributed by atoms with Crippen molar-refractivity contribution < 1.29 is 33.2 Å². The zero-order chi connectivity index (χ0) is 21.9. The maximum atomic E-state index is 12.1. The standard InChI is InChI=1S/C23H30O7/c1-25-18-11-17(12-19(15-18)26-2)8-9-22(24)30-10-6-7-16-13-20(27-3)23(29-5)21(14-16)28-4/h11-15H,6-10H2,1-5H3. The normalized spacial score (nSPS) is 10.3. The van der Waals surface area contributed by atoms with E-state index >= 15 is 0 Å². The van der Waals surface area contributed by atoms with E-state index in [9.17, 15) is 4.79 Å². The molecule has 0 atom stereocenters. The lowest BCUT2D eigenvalue weighted by Crippen LogP contribution is -2.08. The number of aryl methyl sites for hydroxylation is 2. The van der Waals surface area contributed by atoms with Gasteiger partial charge in [0.05, 0.1) is 42.2 Å². The monoisotopic (exact) mass is 418 g/mol. The molecule has 2 aromatic rings. The number of carbonyl (C=O) groups is 1. The number of benzene rings is 2. The van der Waals surface area contributed by atoms with Crippen LogP contribution in [0.5, 0.6) is 28.7 Å². The number of esters is 1. The topological polar surface area (TPSA) is 72.5 Å². The number of methoxy groups -OCH3 is 5. The van der Waals surface area contributed by atoms with Crippen LogP contribution in [0.1, 0.15) is 24.0 Å². The Hall–Kier alpha value is -3.09. The summed E-state index contributed by atoms with van der Waals surface area (Å²) in [6, 6.07) is 9.38. The van der Waals surface area contributed by atoms with Gasteiger partial charge in [-0.2, -0.15) is 0 Å². The smallest absolute Gasteiger partial charge is 0.306 e. The van der Waals surface area contributed by atoms with Crippen LogP contribution in [0.3, 0.4) is 0 Å². The molecular formula is C23H30O7. The molecule has 0 aliphatic heterocycles. The number of carbonyl (C=O) groups excluding carboxylic acids is 1. The Morgan fingerprint density at radius 1 is 0.700 bits per heavy atom. The van der Waals surface area contributed by atoms with E-state index in [0.717, 1.165) is 17.5 Å². The molecule has 0 saturated heterocycles. The highest BCUT2D eigenvalue weighted by Gasteiger charge is 2.13. The van der Waals surface area contributed by atoms with Crippen LogP contribution in [-0.4, -0.2) is 48.1 Å². The molecule has 7 nitrogen and oxygen atoms in total. The molecule has 0 amide bonds. The van der Waals surface area contributed by atoms with Crippen LogP contribution in [0.15, 0.2) is 30.3 Å². The summed E-state index contributed by atoms with van der Waals surface area (Å²) < 4.78 is 31.9. The lowest BCUT2D eigenvalue weighted by Gasteiger charge is -2.14. The third kappa shape index (κ3) is 6.47. The quantitative estimate of drug-likeness (QED) is 0.383. The van der Waals surface area contributed by atoms with Crippen molar-refractivity contribution in [3.63, 3.8) is 0 Å². The van der Waals surface area contributed by atoms with Crippen molar-refractivity contribution in [2.45, 2.75) is 25.7 Å². The van der Waals surface area contributed by atoms with Gasteiger partial charge in [-0.05, 0) is 54.7 Å². The first kappa shape index (κ1) is 23.2. The summed E-state index contributed by atoms with van der Waals surface area (Å²) in [5.41, 5.74) is 1.98.